The highest BCUT2D eigenvalue weighted by atomic mass is 15.1. The van der Waals surface area contributed by atoms with Crippen LogP contribution in [-0.4, -0.2) is 22.6 Å². The Morgan fingerprint density at radius 3 is 2.78 bits per heavy atom. The Morgan fingerprint density at radius 2 is 2.11 bits per heavy atom. The van der Waals surface area contributed by atoms with Gasteiger partial charge in [-0.15, -0.1) is 0 Å². The summed E-state index contributed by atoms with van der Waals surface area (Å²) in [5.74, 6) is 1.19. The Morgan fingerprint density at radius 1 is 1.33 bits per heavy atom. The molecule has 0 aliphatic rings. The van der Waals surface area contributed by atoms with E-state index in [1.54, 1.807) is 0 Å². The molecule has 2 rings (SSSR count). The third-order valence-electron chi connectivity index (χ3n) is 3.21. The highest BCUT2D eigenvalue weighted by molar-refractivity contribution is 5.77. The Hall–Kier alpha value is -1.35. The van der Waals surface area contributed by atoms with Crippen LogP contribution >= 0.6 is 0 Å². The monoisotopic (exact) mass is 245 g/mol. The molecule has 1 N–H and O–H groups in total. The lowest BCUT2D eigenvalue weighted by Crippen LogP contribution is -2.18. The van der Waals surface area contributed by atoms with Crippen molar-refractivity contribution in [3.8, 4) is 0 Å². The van der Waals surface area contributed by atoms with Crippen molar-refractivity contribution in [3.63, 3.8) is 0 Å². The van der Waals surface area contributed by atoms with Gasteiger partial charge in [-0.25, -0.2) is 4.98 Å². The number of rotatable bonds is 5. The van der Waals surface area contributed by atoms with E-state index >= 15 is 0 Å². The first-order valence-electron chi connectivity index (χ1n) is 6.81. The van der Waals surface area contributed by atoms with E-state index < -0.39 is 0 Å². The van der Waals surface area contributed by atoms with E-state index in [1.165, 1.54) is 16.9 Å². The number of fused-ring (bicyclic) bond motifs is 1. The van der Waals surface area contributed by atoms with E-state index in [0.29, 0.717) is 6.04 Å². The third kappa shape index (κ3) is 2.56. The molecule has 3 heteroatoms. The van der Waals surface area contributed by atoms with Crippen LogP contribution in [0.3, 0.4) is 0 Å². The zero-order valence-corrected chi connectivity index (χ0v) is 11.8. The second-order valence-corrected chi connectivity index (χ2v) is 5.09. The predicted molar refractivity (Wildman–Crippen MR) is 77.1 cm³/mol. The number of nitrogens with zero attached hydrogens (tertiary/aromatic N) is 2. The molecule has 0 spiro atoms. The average molecular weight is 245 g/mol. The van der Waals surface area contributed by atoms with Gasteiger partial charge in [0.05, 0.1) is 11.0 Å². The highest BCUT2D eigenvalue weighted by Crippen LogP contribution is 2.22. The van der Waals surface area contributed by atoms with E-state index in [2.05, 4.69) is 55.8 Å². The van der Waals surface area contributed by atoms with E-state index in [0.717, 1.165) is 25.0 Å². The summed E-state index contributed by atoms with van der Waals surface area (Å²) in [4.78, 5) is 4.79. The molecule has 3 nitrogen and oxygen atoms in total. The van der Waals surface area contributed by atoms with Gasteiger partial charge in [-0.2, -0.15) is 0 Å². The summed E-state index contributed by atoms with van der Waals surface area (Å²) in [6.07, 6.45) is 0.986. The molecular weight excluding hydrogens is 222 g/mol. The lowest BCUT2D eigenvalue weighted by molar-refractivity contribution is 0.572. The summed E-state index contributed by atoms with van der Waals surface area (Å²) in [6.45, 7) is 10.7. The summed E-state index contributed by atoms with van der Waals surface area (Å²) in [5, 5.41) is 3.37. The van der Waals surface area contributed by atoms with Gasteiger partial charge in [0, 0.05) is 19.0 Å². The number of benzene rings is 1. The first-order valence-corrected chi connectivity index (χ1v) is 6.81. The lowest BCUT2D eigenvalue weighted by atomic mass is 10.2. The number of aromatic nitrogens is 2. The van der Waals surface area contributed by atoms with Crippen LogP contribution in [0.2, 0.25) is 0 Å². The fraction of sp³-hybridized carbons (Fsp3) is 0.533. The number of aryl methyl sites for hydroxylation is 1. The smallest absolute Gasteiger partial charge is 0.111 e. The quantitative estimate of drug-likeness (QED) is 0.820. The van der Waals surface area contributed by atoms with Crippen LogP contribution in [0.15, 0.2) is 18.2 Å². The van der Waals surface area contributed by atoms with Crippen LogP contribution in [0.1, 0.15) is 38.2 Å². The largest absolute Gasteiger partial charge is 0.325 e. The molecule has 0 fully saturated rings. The van der Waals surface area contributed by atoms with Gasteiger partial charge >= 0.3 is 0 Å². The van der Waals surface area contributed by atoms with Gasteiger partial charge < -0.3 is 9.88 Å². The van der Waals surface area contributed by atoms with Crippen LogP contribution in [0.25, 0.3) is 11.0 Å². The number of nitrogens with one attached hydrogen (secondary N) is 1. The fourth-order valence-electron chi connectivity index (χ4n) is 2.39. The molecule has 18 heavy (non-hydrogen) atoms. The third-order valence-corrected chi connectivity index (χ3v) is 3.21. The molecule has 1 aromatic carbocycles. The van der Waals surface area contributed by atoms with Crippen molar-refractivity contribution in [2.75, 3.05) is 13.1 Å². The molecule has 1 heterocycles. The SMILES string of the molecule is CCNCCc1nc2cc(C)ccc2n1C(C)C. The minimum atomic E-state index is 0.453. The van der Waals surface area contributed by atoms with Gasteiger partial charge in [0.15, 0.2) is 0 Å². The van der Waals surface area contributed by atoms with Crippen LogP contribution < -0.4 is 5.32 Å². The molecule has 0 radical (unpaired) electrons. The van der Waals surface area contributed by atoms with Crippen molar-refractivity contribution in [2.24, 2.45) is 0 Å². The molecule has 0 saturated carbocycles. The van der Waals surface area contributed by atoms with E-state index in [9.17, 15) is 0 Å². The number of hydrogen-bond donors (Lipinski definition) is 1. The molecular formula is C15H23N3. The standard InChI is InChI=1S/C15H23N3/c1-5-16-9-8-15-17-13-10-12(4)6-7-14(13)18(15)11(2)3/h6-7,10-11,16H,5,8-9H2,1-4H3. The van der Waals surface area contributed by atoms with Crippen molar-refractivity contribution in [2.45, 2.75) is 40.2 Å². The molecule has 0 saturated heterocycles. The van der Waals surface area contributed by atoms with E-state index in [1.807, 2.05) is 0 Å². The maximum atomic E-state index is 4.79. The Bertz CT molecular complexity index is 526. The van der Waals surface area contributed by atoms with E-state index in [4.69, 9.17) is 4.98 Å². The Kier molecular flexibility index (Phi) is 4.02. The van der Waals surface area contributed by atoms with Gasteiger partial charge in [-0.3, -0.25) is 0 Å². The first-order chi connectivity index (χ1) is 8.63. The molecule has 98 valence electrons. The maximum absolute atomic E-state index is 4.79. The summed E-state index contributed by atoms with van der Waals surface area (Å²) >= 11 is 0. The van der Waals surface area contributed by atoms with Crippen LogP contribution in [0.5, 0.6) is 0 Å². The van der Waals surface area contributed by atoms with Crippen molar-refractivity contribution in [3.05, 3.63) is 29.6 Å². The van der Waals surface area contributed by atoms with Crippen LogP contribution in [0.4, 0.5) is 0 Å². The van der Waals surface area contributed by atoms with Gasteiger partial charge in [0.25, 0.3) is 0 Å². The second-order valence-electron chi connectivity index (χ2n) is 5.09. The molecule has 0 amide bonds. The highest BCUT2D eigenvalue weighted by Gasteiger charge is 2.12. The molecule has 0 bridgehead atoms. The second kappa shape index (κ2) is 5.53. The zero-order chi connectivity index (χ0) is 13.1. The molecule has 1 aromatic heterocycles. The summed E-state index contributed by atoms with van der Waals surface area (Å²) in [5.41, 5.74) is 3.64. The van der Waals surface area contributed by atoms with Gasteiger partial charge in [0.2, 0.25) is 0 Å². The van der Waals surface area contributed by atoms with Gasteiger partial charge in [-0.1, -0.05) is 13.0 Å². The maximum Gasteiger partial charge on any atom is 0.111 e. The van der Waals surface area contributed by atoms with Crippen molar-refractivity contribution >= 4 is 11.0 Å². The topological polar surface area (TPSA) is 29.9 Å². The molecule has 0 aliphatic carbocycles. The number of hydrogen-bond acceptors (Lipinski definition) is 2. The van der Waals surface area contributed by atoms with Crippen LogP contribution in [0, 0.1) is 6.92 Å². The predicted octanol–water partition coefficient (Wildman–Crippen LogP) is 3.08. The van der Waals surface area contributed by atoms with Gasteiger partial charge in [0.1, 0.15) is 5.82 Å². The summed E-state index contributed by atoms with van der Waals surface area (Å²) in [6, 6.07) is 6.98. The Labute approximate surface area is 109 Å². The molecule has 0 unspecified atom stereocenters. The minimum absolute atomic E-state index is 0.453. The number of imidazole rings is 1. The summed E-state index contributed by atoms with van der Waals surface area (Å²) in [7, 11) is 0. The molecule has 0 aliphatic heterocycles. The van der Waals surface area contributed by atoms with Gasteiger partial charge in [-0.05, 0) is 45.0 Å². The minimum Gasteiger partial charge on any atom is -0.325 e. The van der Waals surface area contributed by atoms with Crippen molar-refractivity contribution < 1.29 is 0 Å². The van der Waals surface area contributed by atoms with Crippen LogP contribution in [-0.2, 0) is 6.42 Å². The first kappa shape index (κ1) is 13.1. The molecule has 0 atom stereocenters. The molecule has 2 aromatic rings. The Balaban J connectivity index is 2.41. The van der Waals surface area contributed by atoms with Crippen molar-refractivity contribution in [1.29, 1.82) is 0 Å². The average Bonchev–Trinajstić information content (AvgIpc) is 2.66. The fourth-order valence-corrected chi connectivity index (χ4v) is 2.39. The number of likely N-dealkylation sites (N-methyl/N-ethyl adjacent to an activating group) is 1. The normalized spacial score (nSPS) is 11.6. The van der Waals surface area contributed by atoms with Crippen molar-refractivity contribution in [1.82, 2.24) is 14.9 Å². The van der Waals surface area contributed by atoms with E-state index in [-0.39, 0.29) is 0 Å². The lowest BCUT2D eigenvalue weighted by Gasteiger charge is -2.13. The summed E-state index contributed by atoms with van der Waals surface area (Å²) < 4.78 is 2.35. The zero-order valence-electron chi connectivity index (χ0n) is 11.8.